The van der Waals surface area contributed by atoms with Gasteiger partial charge in [0.05, 0.1) is 6.20 Å². The van der Waals surface area contributed by atoms with Crippen molar-refractivity contribution in [2.75, 3.05) is 13.6 Å². The van der Waals surface area contributed by atoms with Gasteiger partial charge in [0.2, 0.25) is 0 Å². The summed E-state index contributed by atoms with van der Waals surface area (Å²) in [6.07, 6.45) is 5.44. The van der Waals surface area contributed by atoms with E-state index in [1.165, 1.54) is 18.4 Å². The van der Waals surface area contributed by atoms with Crippen LogP contribution < -0.4 is 5.32 Å². The Bertz CT molecular complexity index is 253. The summed E-state index contributed by atoms with van der Waals surface area (Å²) in [6.45, 7) is 1.00. The second kappa shape index (κ2) is 3.27. The van der Waals surface area contributed by atoms with E-state index in [-0.39, 0.29) is 0 Å². The third-order valence-electron chi connectivity index (χ3n) is 2.27. The van der Waals surface area contributed by atoms with Crippen molar-refractivity contribution in [1.29, 1.82) is 0 Å². The second-order valence-corrected chi connectivity index (χ2v) is 3.34. The molecule has 0 bridgehead atoms. The molecule has 0 amide bonds. The largest absolute Gasteiger partial charge is 0.361 e. The molecular weight excluding hydrogens is 152 g/mol. The van der Waals surface area contributed by atoms with Crippen LogP contribution in [0.5, 0.6) is 0 Å². The van der Waals surface area contributed by atoms with Gasteiger partial charge >= 0.3 is 0 Å². The van der Waals surface area contributed by atoms with Crippen molar-refractivity contribution in [1.82, 2.24) is 10.5 Å². The van der Waals surface area contributed by atoms with Gasteiger partial charge in [0, 0.05) is 11.5 Å². The zero-order valence-corrected chi connectivity index (χ0v) is 7.34. The molecule has 1 aromatic heterocycles. The number of hydrogen-bond donors (Lipinski definition) is 1. The van der Waals surface area contributed by atoms with Gasteiger partial charge in [-0.15, -0.1) is 0 Å². The third-order valence-corrected chi connectivity index (χ3v) is 2.27. The van der Waals surface area contributed by atoms with Crippen LogP contribution in [0, 0.1) is 0 Å². The molecule has 1 N–H and O–H groups in total. The lowest BCUT2D eigenvalue weighted by atomic mass is 10.1. The van der Waals surface area contributed by atoms with E-state index in [0.29, 0.717) is 5.92 Å². The molecule has 0 aliphatic heterocycles. The van der Waals surface area contributed by atoms with Gasteiger partial charge in [-0.1, -0.05) is 5.16 Å². The summed E-state index contributed by atoms with van der Waals surface area (Å²) in [7, 11) is 1.96. The van der Waals surface area contributed by atoms with Crippen molar-refractivity contribution in [2.24, 2.45) is 0 Å². The van der Waals surface area contributed by atoms with E-state index in [1.807, 2.05) is 13.2 Å². The average Bonchev–Trinajstić information content (AvgIpc) is 2.83. The van der Waals surface area contributed by atoms with Crippen LogP contribution in [0.4, 0.5) is 0 Å². The van der Waals surface area contributed by atoms with Gasteiger partial charge in [-0.3, -0.25) is 0 Å². The maximum Gasteiger partial charge on any atom is 0.143 e. The fourth-order valence-corrected chi connectivity index (χ4v) is 1.40. The Morgan fingerprint density at radius 3 is 3.17 bits per heavy atom. The fourth-order valence-electron chi connectivity index (χ4n) is 1.40. The number of rotatable bonds is 4. The van der Waals surface area contributed by atoms with Crippen molar-refractivity contribution in [2.45, 2.75) is 25.2 Å². The molecule has 3 nitrogen and oxygen atoms in total. The number of likely N-dealkylation sites (N-methyl/N-ethyl adjacent to an activating group) is 1. The highest BCUT2D eigenvalue weighted by Gasteiger charge is 2.29. The Labute approximate surface area is 72.1 Å². The van der Waals surface area contributed by atoms with Crippen LogP contribution in [0.15, 0.2) is 10.7 Å². The summed E-state index contributed by atoms with van der Waals surface area (Å²) in [5.41, 5.74) is 1.28. The zero-order valence-electron chi connectivity index (χ0n) is 7.34. The van der Waals surface area contributed by atoms with Crippen molar-refractivity contribution in [3.8, 4) is 0 Å². The summed E-state index contributed by atoms with van der Waals surface area (Å²) in [5, 5.41) is 6.96. The lowest BCUT2D eigenvalue weighted by Gasteiger charge is -1.97. The molecule has 1 fully saturated rings. The van der Waals surface area contributed by atoms with E-state index in [2.05, 4.69) is 10.5 Å². The van der Waals surface area contributed by atoms with Crippen LogP contribution in [0.25, 0.3) is 0 Å². The van der Waals surface area contributed by atoms with Crippen molar-refractivity contribution in [3.63, 3.8) is 0 Å². The predicted molar refractivity (Wildman–Crippen MR) is 46.1 cm³/mol. The quantitative estimate of drug-likeness (QED) is 0.733. The predicted octanol–water partition coefficient (Wildman–Crippen LogP) is 1.31. The molecule has 1 heterocycles. The highest BCUT2D eigenvalue weighted by Crippen LogP contribution is 2.41. The number of aromatic nitrogens is 1. The van der Waals surface area contributed by atoms with E-state index in [4.69, 9.17) is 4.52 Å². The van der Waals surface area contributed by atoms with Crippen LogP contribution in [-0.2, 0) is 6.42 Å². The molecule has 3 heteroatoms. The topological polar surface area (TPSA) is 38.1 Å². The molecule has 2 rings (SSSR count). The van der Waals surface area contributed by atoms with Gasteiger partial charge in [-0.05, 0) is 32.9 Å². The lowest BCUT2D eigenvalue weighted by Crippen LogP contribution is -2.10. The molecule has 1 aliphatic rings. The van der Waals surface area contributed by atoms with E-state index in [0.717, 1.165) is 18.7 Å². The Morgan fingerprint density at radius 2 is 2.50 bits per heavy atom. The SMILES string of the molecule is CNCCc1cnoc1C1CC1. The Morgan fingerprint density at radius 1 is 1.67 bits per heavy atom. The van der Waals surface area contributed by atoms with Crippen LogP contribution in [0.1, 0.15) is 30.1 Å². The van der Waals surface area contributed by atoms with Crippen molar-refractivity contribution < 1.29 is 4.52 Å². The normalized spacial score (nSPS) is 16.8. The maximum absolute atomic E-state index is 5.21. The molecule has 0 atom stereocenters. The minimum Gasteiger partial charge on any atom is -0.361 e. The minimum atomic E-state index is 0.680. The zero-order chi connectivity index (χ0) is 8.39. The summed E-state index contributed by atoms with van der Waals surface area (Å²) < 4.78 is 5.21. The fraction of sp³-hybridized carbons (Fsp3) is 0.667. The minimum absolute atomic E-state index is 0.680. The molecule has 1 aromatic rings. The first-order valence-corrected chi connectivity index (χ1v) is 4.50. The summed E-state index contributed by atoms with van der Waals surface area (Å²) >= 11 is 0. The monoisotopic (exact) mass is 166 g/mol. The Kier molecular flexibility index (Phi) is 2.13. The van der Waals surface area contributed by atoms with Crippen LogP contribution >= 0.6 is 0 Å². The smallest absolute Gasteiger partial charge is 0.143 e. The summed E-state index contributed by atoms with van der Waals surface area (Å²) in [5.74, 6) is 1.81. The molecule has 12 heavy (non-hydrogen) atoms. The Hall–Kier alpha value is -0.830. The first-order chi connectivity index (χ1) is 5.92. The highest BCUT2D eigenvalue weighted by molar-refractivity contribution is 5.21. The third kappa shape index (κ3) is 1.50. The van der Waals surface area contributed by atoms with Gasteiger partial charge in [-0.2, -0.15) is 0 Å². The van der Waals surface area contributed by atoms with Gasteiger partial charge in [-0.25, -0.2) is 0 Å². The molecule has 0 spiro atoms. The lowest BCUT2D eigenvalue weighted by molar-refractivity contribution is 0.382. The first kappa shape index (κ1) is 7.80. The number of nitrogens with one attached hydrogen (secondary N) is 1. The molecule has 0 radical (unpaired) electrons. The number of nitrogens with zero attached hydrogens (tertiary/aromatic N) is 1. The van der Waals surface area contributed by atoms with Crippen LogP contribution in [0.2, 0.25) is 0 Å². The first-order valence-electron chi connectivity index (χ1n) is 4.50. The molecule has 0 unspecified atom stereocenters. The van der Waals surface area contributed by atoms with E-state index >= 15 is 0 Å². The molecular formula is C9H14N2O. The van der Waals surface area contributed by atoms with Crippen LogP contribution in [0.3, 0.4) is 0 Å². The van der Waals surface area contributed by atoms with Gasteiger partial charge in [0.25, 0.3) is 0 Å². The molecule has 66 valence electrons. The van der Waals surface area contributed by atoms with Gasteiger partial charge in [0.15, 0.2) is 0 Å². The Balaban J connectivity index is 2.03. The summed E-state index contributed by atoms with van der Waals surface area (Å²) in [6, 6.07) is 0. The van der Waals surface area contributed by atoms with Gasteiger partial charge < -0.3 is 9.84 Å². The standard InChI is InChI=1S/C9H14N2O/c1-10-5-4-8-6-11-12-9(8)7-2-3-7/h6-7,10H,2-5H2,1H3. The van der Waals surface area contributed by atoms with Crippen molar-refractivity contribution in [3.05, 3.63) is 17.5 Å². The van der Waals surface area contributed by atoms with Gasteiger partial charge in [0.1, 0.15) is 5.76 Å². The maximum atomic E-state index is 5.21. The highest BCUT2D eigenvalue weighted by atomic mass is 16.5. The summed E-state index contributed by atoms with van der Waals surface area (Å²) in [4.78, 5) is 0. The van der Waals surface area contributed by atoms with E-state index < -0.39 is 0 Å². The van der Waals surface area contributed by atoms with Crippen molar-refractivity contribution >= 4 is 0 Å². The molecule has 1 saturated carbocycles. The molecule has 0 aromatic carbocycles. The second-order valence-electron chi connectivity index (χ2n) is 3.34. The van der Waals surface area contributed by atoms with Crippen LogP contribution in [-0.4, -0.2) is 18.7 Å². The molecule has 1 aliphatic carbocycles. The van der Waals surface area contributed by atoms with E-state index in [9.17, 15) is 0 Å². The number of hydrogen-bond acceptors (Lipinski definition) is 3. The molecule has 0 saturated heterocycles. The average molecular weight is 166 g/mol. The van der Waals surface area contributed by atoms with E-state index in [1.54, 1.807) is 0 Å².